The Morgan fingerprint density at radius 1 is 1.00 bits per heavy atom. The molecule has 3 aromatic rings. The van der Waals surface area contributed by atoms with E-state index in [1.54, 1.807) is 30.4 Å². The number of carbonyl (C=O) groups excluding carboxylic acids is 1. The van der Waals surface area contributed by atoms with Gasteiger partial charge in [-0.3, -0.25) is 9.59 Å². The van der Waals surface area contributed by atoms with E-state index >= 15 is 0 Å². The molecule has 0 bridgehead atoms. The van der Waals surface area contributed by atoms with Gasteiger partial charge in [0.05, 0.1) is 6.61 Å². The van der Waals surface area contributed by atoms with Crippen LogP contribution < -0.4 is 4.74 Å². The van der Waals surface area contributed by atoms with Gasteiger partial charge < -0.3 is 34.4 Å². The third-order valence-electron chi connectivity index (χ3n) is 6.86. The molecule has 0 saturated carbocycles. The van der Waals surface area contributed by atoms with Crippen molar-refractivity contribution < 1.29 is 48.7 Å². The molecule has 2 heterocycles. The van der Waals surface area contributed by atoms with Gasteiger partial charge in [0.1, 0.15) is 18.0 Å². The van der Waals surface area contributed by atoms with Gasteiger partial charge in [0.15, 0.2) is 6.10 Å². The second-order valence-electron chi connectivity index (χ2n) is 9.51. The highest BCUT2D eigenvalue weighted by Gasteiger charge is 2.58. The Bertz CT molecular complexity index is 1350. The largest absolute Gasteiger partial charge is 0.480 e. The van der Waals surface area contributed by atoms with Crippen LogP contribution in [-0.4, -0.2) is 75.1 Å². The Morgan fingerprint density at radius 3 is 2.22 bits per heavy atom. The van der Waals surface area contributed by atoms with Crippen LogP contribution in [0.2, 0.25) is 0 Å². The summed E-state index contributed by atoms with van der Waals surface area (Å²) in [7, 11) is 0. The normalized spacial score (nSPS) is 17.3. The van der Waals surface area contributed by atoms with E-state index in [1.165, 1.54) is 0 Å². The molecule has 1 saturated heterocycles. The number of aryl methyl sites for hydroxylation is 1. The van der Waals surface area contributed by atoms with Crippen LogP contribution in [-0.2, 0) is 35.1 Å². The van der Waals surface area contributed by atoms with Crippen molar-refractivity contribution in [2.45, 2.75) is 43.6 Å². The molecule has 1 aromatic heterocycles. The first-order valence-corrected chi connectivity index (χ1v) is 13.7. The number of rotatable bonds is 13. The van der Waals surface area contributed by atoms with E-state index in [1.807, 2.05) is 59.3 Å². The van der Waals surface area contributed by atoms with Gasteiger partial charge in [0.25, 0.3) is 5.91 Å². The number of benzene rings is 2. The van der Waals surface area contributed by atoms with E-state index in [2.05, 4.69) is 0 Å². The maximum Gasteiger partial charge on any atom is 0.377 e. The fourth-order valence-electron chi connectivity index (χ4n) is 4.72. The molecule has 11 nitrogen and oxygen atoms in total. The number of hydrogen-bond donors (Lipinski definition) is 3. The lowest BCUT2D eigenvalue weighted by atomic mass is 9.86. The van der Waals surface area contributed by atoms with E-state index in [-0.39, 0.29) is 5.92 Å². The molecule has 3 N–H and O–H groups in total. The maximum atomic E-state index is 13.5. The Hall–Kier alpha value is -4.26. The Kier molecular flexibility index (Phi) is 9.38. The molecule has 0 spiro atoms. The van der Waals surface area contributed by atoms with Crippen molar-refractivity contribution in [3.05, 3.63) is 82.6 Å². The first-order chi connectivity index (χ1) is 19.6. The van der Waals surface area contributed by atoms with Crippen LogP contribution in [0.15, 0.2) is 71.4 Å². The minimum atomic E-state index is -3.05. The molecule has 3 atom stereocenters. The molecule has 0 aliphatic carbocycles. The van der Waals surface area contributed by atoms with Crippen molar-refractivity contribution in [2.75, 3.05) is 13.2 Å². The second-order valence-corrected chi connectivity index (χ2v) is 10.3. The summed E-state index contributed by atoms with van der Waals surface area (Å²) in [6, 6.07) is 17.8. The summed E-state index contributed by atoms with van der Waals surface area (Å²) in [5.74, 6) is -8.17. The van der Waals surface area contributed by atoms with E-state index < -0.39 is 54.9 Å². The number of carbonyl (C=O) groups is 4. The van der Waals surface area contributed by atoms with Crippen LogP contribution in [0.25, 0.3) is 0 Å². The molecule has 41 heavy (non-hydrogen) atoms. The molecular weight excluding hydrogens is 554 g/mol. The van der Waals surface area contributed by atoms with E-state index in [0.717, 1.165) is 16.0 Å². The predicted molar refractivity (Wildman–Crippen MR) is 146 cm³/mol. The quantitative estimate of drug-likeness (QED) is 0.252. The monoisotopic (exact) mass is 583 g/mol. The number of para-hydroxylation sites is 1. The SMILES string of the molecule is CC(C(CCc1ccsc1)c1ccc(Oc2ccccc2)cc1)N(CC(=O)O)C(=O)[C@@H]1COC(C(=O)O)(C(=O)O)O1. The molecule has 1 fully saturated rings. The smallest absolute Gasteiger partial charge is 0.377 e. The summed E-state index contributed by atoms with van der Waals surface area (Å²) >= 11 is 1.55. The maximum absolute atomic E-state index is 13.5. The highest BCUT2D eigenvalue weighted by atomic mass is 32.1. The highest BCUT2D eigenvalue weighted by Crippen LogP contribution is 2.33. The molecule has 12 heteroatoms. The Labute approximate surface area is 239 Å². The van der Waals surface area contributed by atoms with E-state index in [4.69, 9.17) is 14.2 Å². The van der Waals surface area contributed by atoms with Gasteiger partial charge in [0.2, 0.25) is 0 Å². The van der Waals surface area contributed by atoms with Crippen LogP contribution >= 0.6 is 11.3 Å². The van der Waals surface area contributed by atoms with Gasteiger partial charge in [-0.15, -0.1) is 0 Å². The average molecular weight is 584 g/mol. The van der Waals surface area contributed by atoms with Gasteiger partial charge in [0, 0.05) is 12.0 Å². The minimum Gasteiger partial charge on any atom is -0.480 e. The molecule has 4 rings (SSSR count). The summed E-state index contributed by atoms with van der Waals surface area (Å²) in [5, 5.41) is 32.4. The highest BCUT2D eigenvalue weighted by molar-refractivity contribution is 7.07. The topological polar surface area (TPSA) is 160 Å². The first kappa shape index (κ1) is 29.7. The van der Waals surface area contributed by atoms with Gasteiger partial charge in [-0.25, -0.2) is 9.59 Å². The van der Waals surface area contributed by atoms with Crippen LogP contribution in [0.3, 0.4) is 0 Å². The lowest BCUT2D eigenvalue weighted by Crippen LogP contribution is -2.52. The van der Waals surface area contributed by atoms with Gasteiger partial charge in [-0.1, -0.05) is 30.3 Å². The minimum absolute atomic E-state index is 0.352. The third-order valence-corrected chi connectivity index (χ3v) is 7.59. The molecule has 2 aromatic carbocycles. The van der Waals surface area contributed by atoms with E-state index in [9.17, 15) is 34.5 Å². The van der Waals surface area contributed by atoms with Gasteiger partial charge >= 0.3 is 23.7 Å². The van der Waals surface area contributed by atoms with Crippen LogP contribution in [0.4, 0.5) is 0 Å². The van der Waals surface area contributed by atoms with Crippen molar-refractivity contribution in [2.24, 2.45) is 0 Å². The van der Waals surface area contributed by atoms with Crippen molar-refractivity contribution >= 4 is 35.2 Å². The number of hydrogen-bond acceptors (Lipinski definition) is 8. The van der Waals surface area contributed by atoms with E-state index in [0.29, 0.717) is 24.3 Å². The number of carboxylic acids is 3. The summed E-state index contributed by atoms with van der Waals surface area (Å²) < 4.78 is 15.9. The zero-order valence-corrected chi connectivity index (χ0v) is 22.9. The number of thiophene rings is 1. The number of nitrogens with zero attached hydrogens (tertiary/aromatic N) is 1. The standard InChI is InChI=1S/C29H29NO10S/c1-18(30(15-25(31)32)26(33)24-16-38-29(40-24,27(34)35)28(36)37)23(12-7-19-13-14-41-17-19)20-8-10-22(11-9-20)39-21-5-3-2-4-6-21/h2-6,8-11,13-14,17-18,23-24H,7,12,15-16H2,1H3,(H,31,32)(H,34,35)(H,36,37)/t18?,23?,24-/m0/s1. The Morgan fingerprint density at radius 2 is 1.66 bits per heavy atom. The summed E-state index contributed by atoms with van der Waals surface area (Å²) in [6.07, 6.45) is -0.417. The van der Waals surface area contributed by atoms with Crippen molar-refractivity contribution in [1.82, 2.24) is 4.90 Å². The van der Waals surface area contributed by atoms with Crippen molar-refractivity contribution in [1.29, 1.82) is 0 Å². The predicted octanol–water partition coefficient (Wildman–Crippen LogP) is 3.84. The van der Waals surface area contributed by atoms with Crippen molar-refractivity contribution in [3.8, 4) is 11.5 Å². The lowest BCUT2D eigenvalue weighted by molar-refractivity contribution is -0.218. The number of ether oxygens (including phenoxy) is 3. The van der Waals surface area contributed by atoms with Crippen molar-refractivity contribution in [3.63, 3.8) is 0 Å². The fourth-order valence-corrected chi connectivity index (χ4v) is 5.42. The number of amides is 1. The molecule has 0 radical (unpaired) electrons. The number of carboxylic acid groups (broad SMARTS) is 3. The molecule has 216 valence electrons. The molecule has 1 aliphatic rings. The summed E-state index contributed by atoms with van der Waals surface area (Å²) in [5.41, 5.74) is 1.91. The fraction of sp³-hybridized carbons (Fsp3) is 0.310. The van der Waals surface area contributed by atoms with Gasteiger partial charge in [-0.05, 0) is 72.0 Å². The second kappa shape index (κ2) is 12.9. The molecule has 1 amide bonds. The first-order valence-electron chi connectivity index (χ1n) is 12.8. The average Bonchev–Trinajstić information content (AvgIpc) is 3.64. The Balaban J connectivity index is 1.60. The summed E-state index contributed by atoms with van der Waals surface area (Å²) in [6.45, 7) is 0.327. The third kappa shape index (κ3) is 6.91. The lowest BCUT2D eigenvalue weighted by Gasteiger charge is -2.35. The number of aliphatic carboxylic acids is 3. The van der Waals surface area contributed by atoms with Crippen LogP contribution in [0.1, 0.15) is 30.4 Å². The van der Waals surface area contributed by atoms with Gasteiger partial charge in [-0.2, -0.15) is 11.3 Å². The molecular formula is C29H29NO10S. The zero-order valence-electron chi connectivity index (χ0n) is 22.0. The molecule has 1 aliphatic heterocycles. The molecule has 2 unspecified atom stereocenters. The zero-order chi connectivity index (χ0) is 29.6. The van der Waals surface area contributed by atoms with Crippen LogP contribution in [0.5, 0.6) is 11.5 Å². The van der Waals surface area contributed by atoms with Crippen LogP contribution in [0, 0.1) is 0 Å². The summed E-state index contributed by atoms with van der Waals surface area (Å²) in [4.78, 5) is 49.6.